The van der Waals surface area contributed by atoms with Gasteiger partial charge >= 0.3 is 12.4 Å². The van der Waals surface area contributed by atoms with E-state index in [-0.39, 0.29) is 12.8 Å². The van der Waals surface area contributed by atoms with Gasteiger partial charge in [-0.2, -0.15) is 26.3 Å². The van der Waals surface area contributed by atoms with Crippen LogP contribution in [0.4, 0.5) is 26.3 Å². The number of aliphatic hydroxyl groups is 1. The van der Waals surface area contributed by atoms with Gasteiger partial charge in [-0.3, -0.25) is 0 Å². The fourth-order valence-electron chi connectivity index (χ4n) is 3.30. The zero-order valence-corrected chi connectivity index (χ0v) is 9.46. The summed E-state index contributed by atoms with van der Waals surface area (Å²) in [5, 5.41) is 20.7. The van der Waals surface area contributed by atoms with E-state index in [0.717, 1.165) is 0 Å². The first-order chi connectivity index (χ1) is 8.54. The van der Waals surface area contributed by atoms with Crippen molar-refractivity contribution in [2.45, 2.75) is 37.2 Å². The molecule has 0 aliphatic heterocycles. The Hall–Kier alpha value is -0.990. The summed E-state index contributed by atoms with van der Waals surface area (Å²) >= 11 is 0. The van der Waals surface area contributed by atoms with Gasteiger partial charge < -0.3 is 10.3 Å². The minimum Gasteiger partial charge on any atom is -0.411 e. The topological polar surface area (TPSA) is 52.8 Å². The van der Waals surface area contributed by atoms with E-state index >= 15 is 0 Å². The van der Waals surface area contributed by atoms with Crippen LogP contribution in [-0.4, -0.2) is 34.0 Å². The largest absolute Gasteiger partial charge is 0.426 e. The molecule has 0 saturated heterocycles. The summed E-state index contributed by atoms with van der Waals surface area (Å²) in [7, 11) is 0. The Morgan fingerprint density at radius 2 is 1.53 bits per heavy atom. The molecular formula is C10H11F6NO2. The highest BCUT2D eigenvalue weighted by molar-refractivity contribution is 5.93. The second kappa shape index (κ2) is 4.00. The first-order valence-electron chi connectivity index (χ1n) is 5.61. The lowest BCUT2D eigenvalue weighted by atomic mass is 9.74. The monoisotopic (exact) mass is 291 g/mol. The molecule has 9 heteroatoms. The molecule has 2 aliphatic carbocycles. The van der Waals surface area contributed by atoms with E-state index in [0.29, 0.717) is 6.42 Å². The molecule has 2 saturated carbocycles. The summed E-state index contributed by atoms with van der Waals surface area (Å²) in [4.78, 5) is 0. The summed E-state index contributed by atoms with van der Waals surface area (Å²) in [6.45, 7) is 0. The number of oxime groups is 1. The van der Waals surface area contributed by atoms with Gasteiger partial charge in [-0.15, -0.1) is 0 Å². The zero-order chi connectivity index (χ0) is 14.6. The minimum absolute atomic E-state index is 0.0819. The van der Waals surface area contributed by atoms with E-state index < -0.39 is 41.4 Å². The van der Waals surface area contributed by atoms with E-state index in [2.05, 4.69) is 5.16 Å². The zero-order valence-electron chi connectivity index (χ0n) is 9.46. The number of rotatable bonds is 1. The summed E-state index contributed by atoms with van der Waals surface area (Å²) < 4.78 is 76.7. The molecule has 2 aliphatic rings. The molecule has 0 aromatic rings. The summed E-state index contributed by atoms with van der Waals surface area (Å²) in [5.41, 5.74) is -5.45. The van der Waals surface area contributed by atoms with Crippen molar-refractivity contribution in [2.75, 3.05) is 0 Å². The SMILES string of the molecule is ON=C1C2CCC(C2)C1C(O)(C(F)(F)F)C(F)(F)F. The molecule has 0 amide bonds. The molecule has 110 valence electrons. The lowest BCUT2D eigenvalue weighted by Gasteiger charge is -2.40. The van der Waals surface area contributed by atoms with Gasteiger partial charge in [-0.25, -0.2) is 0 Å². The van der Waals surface area contributed by atoms with Crippen LogP contribution in [0.2, 0.25) is 0 Å². The quantitative estimate of drug-likeness (QED) is 0.443. The van der Waals surface area contributed by atoms with Crippen molar-refractivity contribution < 1.29 is 36.7 Å². The molecular weight excluding hydrogens is 280 g/mol. The van der Waals surface area contributed by atoms with Gasteiger partial charge in [0.05, 0.1) is 11.6 Å². The highest BCUT2D eigenvalue weighted by Crippen LogP contribution is 2.58. The van der Waals surface area contributed by atoms with Crippen LogP contribution in [0.1, 0.15) is 19.3 Å². The first kappa shape index (κ1) is 14.4. The lowest BCUT2D eigenvalue weighted by Crippen LogP contribution is -2.64. The normalized spacial score (nSPS) is 34.3. The van der Waals surface area contributed by atoms with Crippen molar-refractivity contribution in [1.29, 1.82) is 0 Å². The Morgan fingerprint density at radius 3 is 1.95 bits per heavy atom. The van der Waals surface area contributed by atoms with Crippen molar-refractivity contribution in [1.82, 2.24) is 0 Å². The van der Waals surface area contributed by atoms with Gasteiger partial charge in [0, 0.05) is 5.92 Å². The maximum Gasteiger partial charge on any atom is 0.426 e. The van der Waals surface area contributed by atoms with Crippen molar-refractivity contribution in [3.05, 3.63) is 0 Å². The molecule has 19 heavy (non-hydrogen) atoms. The second-order valence-corrected chi connectivity index (χ2v) is 5.03. The summed E-state index contributed by atoms with van der Waals surface area (Å²) in [6.07, 6.45) is -11.1. The maximum absolute atomic E-state index is 12.8. The van der Waals surface area contributed by atoms with Crippen LogP contribution >= 0.6 is 0 Å². The van der Waals surface area contributed by atoms with Crippen LogP contribution in [-0.2, 0) is 0 Å². The maximum atomic E-state index is 12.8. The fourth-order valence-corrected chi connectivity index (χ4v) is 3.30. The lowest BCUT2D eigenvalue weighted by molar-refractivity contribution is -0.381. The van der Waals surface area contributed by atoms with E-state index in [1.54, 1.807) is 0 Å². The van der Waals surface area contributed by atoms with E-state index in [1.807, 2.05) is 0 Å². The van der Waals surface area contributed by atoms with E-state index in [9.17, 15) is 31.4 Å². The molecule has 3 nitrogen and oxygen atoms in total. The Morgan fingerprint density at radius 1 is 1.00 bits per heavy atom. The smallest absolute Gasteiger partial charge is 0.411 e. The van der Waals surface area contributed by atoms with Gasteiger partial charge in [0.2, 0.25) is 0 Å². The second-order valence-electron chi connectivity index (χ2n) is 5.03. The molecule has 0 aromatic heterocycles. The predicted molar refractivity (Wildman–Crippen MR) is 50.6 cm³/mol. The predicted octanol–water partition coefficient (Wildman–Crippen LogP) is 2.72. The van der Waals surface area contributed by atoms with Crippen molar-refractivity contribution in [3.8, 4) is 0 Å². The average Bonchev–Trinajstić information content (AvgIpc) is 2.83. The minimum atomic E-state index is -5.88. The van der Waals surface area contributed by atoms with Crippen LogP contribution in [0.25, 0.3) is 0 Å². The molecule has 0 spiro atoms. The average molecular weight is 291 g/mol. The number of hydrogen-bond acceptors (Lipinski definition) is 3. The first-order valence-corrected chi connectivity index (χ1v) is 5.61. The third-order valence-electron chi connectivity index (χ3n) is 4.11. The Bertz CT molecular complexity index is 388. The Kier molecular flexibility index (Phi) is 3.04. The van der Waals surface area contributed by atoms with Crippen LogP contribution in [0.5, 0.6) is 0 Å². The molecule has 0 heterocycles. The van der Waals surface area contributed by atoms with E-state index in [1.165, 1.54) is 0 Å². The standard InChI is InChI=1S/C10H11F6NO2/c11-9(12,13)8(18,10(14,15)16)6-4-1-2-5(3-4)7(6)17-19/h4-6,18-19H,1-3H2. The number of hydrogen-bond donors (Lipinski definition) is 2. The van der Waals surface area contributed by atoms with Gasteiger partial charge in [-0.05, 0) is 25.2 Å². The molecule has 3 unspecified atom stereocenters. The highest BCUT2D eigenvalue weighted by Gasteiger charge is 2.77. The van der Waals surface area contributed by atoms with Crippen molar-refractivity contribution in [2.24, 2.45) is 22.9 Å². The summed E-state index contributed by atoms with van der Waals surface area (Å²) in [6, 6.07) is 0. The number of nitrogens with zero attached hydrogens (tertiary/aromatic N) is 1. The van der Waals surface area contributed by atoms with Crippen molar-refractivity contribution in [3.63, 3.8) is 0 Å². The van der Waals surface area contributed by atoms with Gasteiger partial charge in [-0.1, -0.05) is 5.16 Å². The van der Waals surface area contributed by atoms with Gasteiger partial charge in [0.15, 0.2) is 0 Å². The molecule has 0 radical (unpaired) electrons. The van der Waals surface area contributed by atoms with Crippen molar-refractivity contribution >= 4 is 5.71 Å². The van der Waals surface area contributed by atoms with Crippen LogP contribution in [0.15, 0.2) is 5.16 Å². The fraction of sp³-hybridized carbons (Fsp3) is 0.900. The third-order valence-corrected chi connectivity index (χ3v) is 4.11. The molecule has 0 aromatic carbocycles. The van der Waals surface area contributed by atoms with Gasteiger partial charge in [0.1, 0.15) is 0 Å². The third kappa shape index (κ3) is 1.81. The van der Waals surface area contributed by atoms with E-state index in [4.69, 9.17) is 5.21 Å². The number of alkyl halides is 6. The summed E-state index contributed by atoms with van der Waals surface area (Å²) in [5.74, 6) is -3.84. The van der Waals surface area contributed by atoms with Gasteiger partial charge in [0.25, 0.3) is 5.60 Å². The van der Waals surface area contributed by atoms with Crippen LogP contribution in [0.3, 0.4) is 0 Å². The molecule has 3 atom stereocenters. The number of fused-ring (bicyclic) bond motifs is 2. The molecule has 2 fully saturated rings. The molecule has 2 N–H and O–H groups in total. The molecule has 2 bridgehead atoms. The van der Waals surface area contributed by atoms with Crippen LogP contribution < -0.4 is 0 Å². The highest BCUT2D eigenvalue weighted by atomic mass is 19.4. The van der Waals surface area contributed by atoms with Crippen LogP contribution in [0, 0.1) is 17.8 Å². The number of halogens is 6. The Labute approximate surface area is 103 Å². The Balaban J connectivity index is 2.52. The molecule has 2 rings (SSSR count).